The molecule has 0 heterocycles. The summed E-state index contributed by atoms with van der Waals surface area (Å²) in [5, 5.41) is 39.7. The Bertz CT molecular complexity index is 1310. The van der Waals surface area contributed by atoms with E-state index in [1.807, 2.05) is 0 Å². The highest BCUT2D eigenvalue weighted by atomic mass is 16.4. The first-order valence-electron chi connectivity index (χ1n) is 16.7. The maximum absolute atomic E-state index is 13.5. The van der Waals surface area contributed by atoms with Gasteiger partial charge < -0.3 is 41.9 Å². The molecule has 0 bridgehead atoms. The molecular weight excluding hydrogens is 674 g/mol. The lowest BCUT2D eigenvalue weighted by atomic mass is 9.92. The van der Waals surface area contributed by atoms with Gasteiger partial charge in [0.25, 0.3) is 5.78 Å². The van der Waals surface area contributed by atoms with Crippen molar-refractivity contribution >= 4 is 59.0 Å². The molecule has 0 aliphatic heterocycles. The molecule has 8 N–H and O–H groups in total. The van der Waals surface area contributed by atoms with Crippen molar-refractivity contribution in [2.75, 3.05) is 0 Å². The highest BCUT2D eigenvalue weighted by Gasteiger charge is 2.36. The van der Waals surface area contributed by atoms with Gasteiger partial charge in [-0.2, -0.15) is 0 Å². The first kappa shape index (κ1) is 46.1. The Morgan fingerprint density at radius 3 is 1.47 bits per heavy atom. The van der Waals surface area contributed by atoms with Crippen LogP contribution in [0.4, 0.5) is 0 Å². The molecule has 51 heavy (non-hydrogen) atoms. The number of amides is 5. The molecule has 6 atom stereocenters. The Balaban J connectivity index is 6.11. The molecule has 288 valence electrons. The average Bonchev–Trinajstić information content (AvgIpc) is 3.00. The normalized spacial score (nSPS) is 14.6. The SMILES string of the molecule is CC[C@H](NC(=O)[C@H](CC(C)C)NC(=O)[C@@H](NC(=O)[C@@H](NC(=O)[C@H](CC(=O)O)CC(=O)[C@H](CCC(=O)O)NC(C)=O)C(C)C)C(C)C)C(=O)C(=O)O. The third kappa shape index (κ3) is 17.0. The van der Waals surface area contributed by atoms with Crippen LogP contribution in [0.15, 0.2) is 0 Å². The number of carbonyl (C=O) groups is 10. The van der Waals surface area contributed by atoms with Crippen LogP contribution in [0.25, 0.3) is 0 Å². The number of carboxylic acid groups (broad SMARTS) is 3. The second-order valence-electron chi connectivity index (χ2n) is 13.4. The standard InChI is InChI=1S/C33H53N5O13/c1-9-20(28(45)33(50)51)35-30(47)22(12-15(2)3)36-31(48)26(16(4)5)38-32(49)27(17(6)7)37-29(46)19(14-25(43)44)13-23(40)21(34-18(8)39)10-11-24(41)42/h15-17,19-22,26-27H,9-14H2,1-8H3,(H,34,39)(H,35,47)(H,36,48)(H,37,46)(H,38,49)(H,41,42)(H,43,44)(H,50,51)/t19-,20-,21-,22-,26-,27-/m0/s1. The van der Waals surface area contributed by atoms with Crippen LogP contribution in [0.1, 0.15) is 93.9 Å². The van der Waals surface area contributed by atoms with E-state index in [0.29, 0.717) is 0 Å². The van der Waals surface area contributed by atoms with Gasteiger partial charge in [-0.25, -0.2) is 4.79 Å². The van der Waals surface area contributed by atoms with Gasteiger partial charge in [-0.3, -0.25) is 43.2 Å². The molecule has 0 spiro atoms. The minimum atomic E-state index is -1.73. The second-order valence-corrected chi connectivity index (χ2v) is 13.4. The zero-order valence-electron chi connectivity index (χ0n) is 30.4. The van der Waals surface area contributed by atoms with Crippen molar-refractivity contribution < 1.29 is 63.3 Å². The van der Waals surface area contributed by atoms with Crippen molar-refractivity contribution in [3.63, 3.8) is 0 Å². The zero-order chi connectivity index (χ0) is 39.7. The minimum Gasteiger partial charge on any atom is -0.481 e. The van der Waals surface area contributed by atoms with Crippen molar-refractivity contribution in [1.82, 2.24) is 26.6 Å². The fourth-order valence-corrected chi connectivity index (χ4v) is 5.00. The van der Waals surface area contributed by atoms with Crippen molar-refractivity contribution in [2.24, 2.45) is 23.7 Å². The van der Waals surface area contributed by atoms with Gasteiger partial charge in [0, 0.05) is 19.8 Å². The summed E-state index contributed by atoms with van der Waals surface area (Å²) in [6.07, 6.45) is -2.23. The lowest BCUT2D eigenvalue weighted by Crippen LogP contribution is -2.60. The molecular formula is C33H53N5O13. The van der Waals surface area contributed by atoms with Crippen LogP contribution in [-0.2, 0) is 47.9 Å². The van der Waals surface area contributed by atoms with E-state index in [0.717, 1.165) is 6.92 Å². The van der Waals surface area contributed by atoms with E-state index in [1.54, 1.807) is 41.5 Å². The summed E-state index contributed by atoms with van der Waals surface area (Å²) in [6.45, 7) is 12.5. The van der Waals surface area contributed by atoms with Crippen molar-refractivity contribution in [3.05, 3.63) is 0 Å². The molecule has 0 radical (unpaired) electrons. The maximum atomic E-state index is 13.5. The first-order chi connectivity index (χ1) is 23.5. The molecule has 0 rings (SSSR count). The average molecular weight is 728 g/mol. The molecule has 0 aliphatic rings. The molecule has 0 aromatic rings. The van der Waals surface area contributed by atoms with Crippen LogP contribution in [0, 0.1) is 23.7 Å². The molecule has 0 aromatic carbocycles. The summed E-state index contributed by atoms with van der Waals surface area (Å²) in [4.78, 5) is 124. The van der Waals surface area contributed by atoms with E-state index < -0.39 is 126 Å². The van der Waals surface area contributed by atoms with Gasteiger partial charge in [0.1, 0.15) is 18.1 Å². The smallest absolute Gasteiger partial charge is 0.374 e. The summed E-state index contributed by atoms with van der Waals surface area (Å²) in [6, 6.07) is -6.44. The first-order valence-corrected chi connectivity index (χ1v) is 16.7. The third-order valence-electron chi connectivity index (χ3n) is 7.74. The summed E-state index contributed by atoms with van der Waals surface area (Å²) < 4.78 is 0. The van der Waals surface area contributed by atoms with Gasteiger partial charge in [-0.15, -0.1) is 0 Å². The van der Waals surface area contributed by atoms with Gasteiger partial charge in [0.05, 0.1) is 24.4 Å². The lowest BCUT2D eigenvalue weighted by Gasteiger charge is -2.30. The molecule has 0 aromatic heterocycles. The molecule has 0 aliphatic carbocycles. The highest BCUT2D eigenvalue weighted by molar-refractivity contribution is 6.35. The van der Waals surface area contributed by atoms with Crippen molar-refractivity contribution in [2.45, 2.75) is 124 Å². The van der Waals surface area contributed by atoms with Crippen molar-refractivity contribution in [1.29, 1.82) is 0 Å². The van der Waals surface area contributed by atoms with E-state index in [9.17, 15) is 53.1 Å². The Hall–Kier alpha value is -4.90. The Morgan fingerprint density at radius 2 is 1.06 bits per heavy atom. The van der Waals surface area contributed by atoms with E-state index in [-0.39, 0.29) is 25.2 Å². The van der Waals surface area contributed by atoms with Gasteiger partial charge in [-0.05, 0) is 37.0 Å². The highest BCUT2D eigenvalue weighted by Crippen LogP contribution is 2.16. The molecule has 5 amide bonds. The summed E-state index contributed by atoms with van der Waals surface area (Å²) in [5.74, 6) is -13.3. The summed E-state index contributed by atoms with van der Waals surface area (Å²) >= 11 is 0. The van der Waals surface area contributed by atoms with Gasteiger partial charge in [0.15, 0.2) is 5.78 Å². The molecule has 0 saturated carbocycles. The van der Waals surface area contributed by atoms with Gasteiger partial charge in [-0.1, -0.05) is 48.5 Å². The molecule has 0 fully saturated rings. The number of nitrogens with one attached hydrogen (secondary N) is 5. The lowest BCUT2D eigenvalue weighted by molar-refractivity contribution is -0.150. The van der Waals surface area contributed by atoms with Gasteiger partial charge in [0.2, 0.25) is 29.5 Å². The van der Waals surface area contributed by atoms with Crippen LogP contribution in [-0.4, -0.2) is 105 Å². The monoisotopic (exact) mass is 727 g/mol. The van der Waals surface area contributed by atoms with E-state index in [4.69, 9.17) is 10.2 Å². The number of Topliss-reactive ketones (excluding diaryl/α,β-unsaturated/α-hetero) is 2. The van der Waals surface area contributed by atoms with Crippen LogP contribution in [0.5, 0.6) is 0 Å². The third-order valence-corrected chi connectivity index (χ3v) is 7.74. The quantitative estimate of drug-likeness (QED) is 0.0597. The molecule has 0 saturated heterocycles. The van der Waals surface area contributed by atoms with Crippen LogP contribution < -0.4 is 26.6 Å². The number of hydrogen-bond acceptors (Lipinski definition) is 10. The summed E-state index contributed by atoms with van der Waals surface area (Å²) in [7, 11) is 0. The Labute approximate surface area is 296 Å². The number of hydrogen-bond donors (Lipinski definition) is 8. The van der Waals surface area contributed by atoms with Crippen LogP contribution in [0.2, 0.25) is 0 Å². The Morgan fingerprint density at radius 1 is 0.569 bits per heavy atom. The van der Waals surface area contributed by atoms with E-state index >= 15 is 0 Å². The minimum absolute atomic E-state index is 0.0195. The van der Waals surface area contributed by atoms with E-state index in [1.165, 1.54) is 6.92 Å². The van der Waals surface area contributed by atoms with Crippen LogP contribution >= 0.6 is 0 Å². The van der Waals surface area contributed by atoms with E-state index in [2.05, 4.69) is 26.6 Å². The zero-order valence-corrected chi connectivity index (χ0v) is 30.4. The number of aliphatic carboxylic acids is 3. The topological polar surface area (TPSA) is 292 Å². The number of rotatable bonds is 24. The predicted molar refractivity (Wildman–Crippen MR) is 180 cm³/mol. The fourth-order valence-electron chi connectivity index (χ4n) is 5.00. The molecule has 0 unspecified atom stereocenters. The van der Waals surface area contributed by atoms with Crippen molar-refractivity contribution in [3.8, 4) is 0 Å². The number of carbonyl (C=O) groups excluding carboxylic acids is 7. The second kappa shape index (κ2) is 22.0. The predicted octanol–water partition coefficient (Wildman–Crippen LogP) is -0.233. The number of carboxylic acids is 3. The largest absolute Gasteiger partial charge is 0.481 e. The maximum Gasteiger partial charge on any atom is 0.374 e. The fraction of sp³-hybridized carbons (Fsp3) is 0.697. The molecule has 18 nitrogen and oxygen atoms in total. The Kier molecular flexibility index (Phi) is 19.9. The van der Waals surface area contributed by atoms with Crippen LogP contribution in [0.3, 0.4) is 0 Å². The van der Waals surface area contributed by atoms with Gasteiger partial charge >= 0.3 is 17.9 Å². The number of ketones is 2. The summed E-state index contributed by atoms with van der Waals surface area (Å²) in [5.41, 5.74) is 0. The molecule has 18 heteroatoms.